The predicted octanol–water partition coefficient (Wildman–Crippen LogP) is 2.03. The number of benzene rings is 1. The minimum atomic E-state index is -0.641. The Morgan fingerprint density at radius 2 is 2.24 bits per heavy atom. The molecule has 92 valence electrons. The standard InChI is InChI=1S/C11H12FNO4/c12-7-4-5-8(13(15)16)11(6-7)17-10-3-1-2-9(10)14/h4-6,9-10,14H,1-3H2/t9-,10-/m0/s1. The molecule has 0 amide bonds. The molecule has 1 fully saturated rings. The molecule has 6 heteroatoms. The van der Waals surface area contributed by atoms with Gasteiger partial charge in [-0.15, -0.1) is 0 Å². The van der Waals surface area contributed by atoms with Gasteiger partial charge in [0.25, 0.3) is 0 Å². The third-order valence-corrected chi connectivity index (χ3v) is 2.81. The number of ether oxygens (including phenoxy) is 1. The summed E-state index contributed by atoms with van der Waals surface area (Å²) in [4.78, 5) is 10.1. The van der Waals surface area contributed by atoms with Gasteiger partial charge in [0.05, 0.1) is 11.0 Å². The molecule has 0 spiro atoms. The Morgan fingerprint density at radius 3 is 2.82 bits per heavy atom. The summed E-state index contributed by atoms with van der Waals surface area (Å²) < 4.78 is 18.3. The van der Waals surface area contributed by atoms with Gasteiger partial charge in [0.2, 0.25) is 0 Å². The lowest BCUT2D eigenvalue weighted by Crippen LogP contribution is -2.25. The van der Waals surface area contributed by atoms with E-state index in [2.05, 4.69) is 0 Å². The molecule has 0 heterocycles. The Balaban J connectivity index is 2.24. The highest BCUT2D eigenvalue weighted by molar-refractivity contribution is 5.46. The van der Waals surface area contributed by atoms with Crippen molar-refractivity contribution in [2.24, 2.45) is 0 Å². The maximum Gasteiger partial charge on any atom is 0.311 e. The van der Waals surface area contributed by atoms with E-state index in [0.29, 0.717) is 12.8 Å². The van der Waals surface area contributed by atoms with E-state index < -0.39 is 22.9 Å². The van der Waals surface area contributed by atoms with E-state index >= 15 is 0 Å². The molecule has 1 saturated carbocycles. The van der Waals surface area contributed by atoms with Crippen molar-refractivity contribution in [1.82, 2.24) is 0 Å². The molecular formula is C11H12FNO4. The summed E-state index contributed by atoms with van der Waals surface area (Å²) in [6.07, 6.45) is 0.894. The molecule has 1 aromatic carbocycles. The molecule has 0 bridgehead atoms. The lowest BCUT2D eigenvalue weighted by atomic mass is 10.2. The highest BCUT2D eigenvalue weighted by atomic mass is 19.1. The van der Waals surface area contributed by atoms with Crippen LogP contribution in [0.1, 0.15) is 19.3 Å². The van der Waals surface area contributed by atoms with Gasteiger partial charge in [-0.25, -0.2) is 4.39 Å². The fraction of sp³-hybridized carbons (Fsp3) is 0.455. The third-order valence-electron chi connectivity index (χ3n) is 2.81. The number of aliphatic hydroxyl groups is 1. The van der Waals surface area contributed by atoms with Crippen molar-refractivity contribution in [1.29, 1.82) is 0 Å². The first-order valence-corrected chi connectivity index (χ1v) is 5.36. The quantitative estimate of drug-likeness (QED) is 0.649. The van der Waals surface area contributed by atoms with E-state index in [9.17, 15) is 19.6 Å². The molecular weight excluding hydrogens is 229 g/mol. The fourth-order valence-electron chi connectivity index (χ4n) is 1.94. The summed E-state index contributed by atoms with van der Waals surface area (Å²) in [6, 6.07) is 3.05. The smallest absolute Gasteiger partial charge is 0.311 e. The monoisotopic (exact) mass is 241 g/mol. The van der Waals surface area contributed by atoms with Crippen LogP contribution in [-0.2, 0) is 0 Å². The molecule has 1 aromatic rings. The molecule has 0 aliphatic heterocycles. The minimum absolute atomic E-state index is 0.124. The second-order valence-electron chi connectivity index (χ2n) is 4.02. The number of nitrogens with zero attached hydrogens (tertiary/aromatic N) is 1. The van der Waals surface area contributed by atoms with Crippen molar-refractivity contribution in [3.8, 4) is 5.75 Å². The van der Waals surface area contributed by atoms with Crippen LogP contribution in [0.2, 0.25) is 0 Å². The number of nitro benzene ring substituents is 1. The summed E-state index contributed by atoms with van der Waals surface area (Å²) >= 11 is 0. The lowest BCUT2D eigenvalue weighted by molar-refractivity contribution is -0.386. The van der Waals surface area contributed by atoms with E-state index in [0.717, 1.165) is 24.6 Å². The minimum Gasteiger partial charge on any atom is -0.481 e. The van der Waals surface area contributed by atoms with E-state index in [1.807, 2.05) is 0 Å². The zero-order valence-corrected chi connectivity index (χ0v) is 9.01. The molecule has 1 aliphatic rings. The van der Waals surface area contributed by atoms with E-state index in [1.54, 1.807) is 0 Å². The molecule has 0 saturated heterocycles. The van der Waals surface area contributed by atoms with Gasteiger partial charge in [0.15, 0.2) is 5.75 Å². The number of halogens is 1. The van der Waals surface area contributed by atoms with Gasteiger partial charge >= 0.3 is 5.69 Å². The Kier molecular flexibility index (Phi) is 3.23. The first-order chi connectivity index (χ1) is 8.08. The van der Waals surface area contributed by atoms with Crippen LogP contribution in [0.5, 0.6) is 5.75 Å². The Labute approximate surface area is 97.0 Å². The van der Waals surface area contributed by atoms with E-state index in [1.165, 1.54) is 0 Å². The molecule has 2 rings (SSSR count). The average Bonchev–Trinajstić information content (AvgIpc) is 2.64. The van der Waals surface area contributed by atoms with E-state index in [-0.39, 0.29) is 11.4 Å². The summed E-state index contributed by atoms with van der Waals surface area (Å²) in [5.74, 6) is -0.723. The van der Waals surface area contributed by atoms with Crippen LogP contribution >= 0.6 is 0 Å². The van der Waals surface area contributed by atoms with Crippen molar-refractivity contribution in [2.75, 3.05) is 0 Å². The summed E-state index contributed by atoms with van der Waals surface area (Å²) in [5.41, 5.74) is -0.287. The Morgan fingerprint density at radius 1 is 1.47 bits per heavy atom. The maximum absolute atomic E-state index is 13.0. The third kappa shape index (κ3) is 2.52. The van der Waals surface area contributed by atoms with Crippen LogP contribution < -0.4 is 4.74 Å². The Bertz CT molecular complexity index is 437. The first-order valence-electron chi connectivity index (χ1n) is 5.36. The van der Waals surface area contributed by atoms with Gasteiger partial charge in [0, 0.05) is 12.1 Å². The number of rotatable bonds is 3. The van der Waals surface area contributed by atoms with Crippen LogP contribution in [0, 0.1) is 15.9 Å². The number of hydrogen-bond acceptors (Lipinski definition) is 4. The molecule has 5 nitrogen and oxygen atoms in total. The highest BCUT2D eigenvalue weighted by Gasteiger charge is 2.29. The zero-order valence-electron chi connectivity index (χ0n) is 9.01. The topological polar surface area (TPSA) is 72.6 Å². The molecule has 0 aromatic heterocycles. The predicted molar refractivity (Wildman–Crippen MR) is 57.3 cm³/mol. The summed E-state index contributed by atoms with van der Waals surface area (Å²) in [5, 5.41) is 20.3. The van der Waals surface area contributed by atoms with Crippen LogP contribution in [0.3, 0.4) is 0 Å². The molecule has 1 N–H and O–H groups in total. The SMILES string of the molecule is O=[N+]([O-])c1ccc(F)cc1O[C@H]1CCC[C@@H]1O. The zero-order chi connectivity index (χ0) is 12.4. The van der Waals surface area contributed by atoms with Crippen molar-refractivity contribution in [2.45, 2.75) is 31.5 Å². The van der Waals surface area contributed by atoms with Crippen molar-refractivity contribution in [3.63, 3.8) is 0 Å². The highest BCUT2D eigenvalue weighted by Crippen LogP contribution is 2.32. The second-order valence-corrected chi connectivity index (χ2v) is 4.02. The molecule has 17 heavy (non-hydrogen) atoms. The van der Waals surface area contributed by atoms with Crippen LogP contribution in [0.15, 0.2) is 18.2 Å². The first kappa shape index (κ1) is 11.8. The number of nitro groups is 1. The van der Waals surface area contributed by atoms with E-state index in [4.69, 9.17) is 4.74 Å². The van der Waals surface area contributed by atoms with Gasteiger partial charge < -0.3 is 9.84 Å². The molecule has 2 atom stereocenters. The van der Waals surface area contributed by atoms with Crippen LogP contribution in [0.4, 0.5) is 10.1 Å². The summed E-state index contributed by atoms with van der Waals surface area (Å²) in [7, 11) is 0. The van der Waals surface area contributed by atoms with Crippen LogP contribution in [0.25, 0.3) is 0 Å². The second kappa shape index (κ2) is 4.67. The molecule has 0 unspecified atom stereocenters. The molecule has 0 radical (unpaired) electrons. The number of aliphatic hydroxyl groups excluding tert-OH is 1. The normalized spacial score (nSPS) is 23.6. The average molecular weight is 241 g/mol. The maximum atomic E-state index is 13.0. The molecule has 1 aliphatic carbocycles. The van der Waals surface area contributed by atoms with Gasteiger partial charge in [-0.05, 0) is 25.3 Å². The lowest BCUT2D eigenvalue weighted by Gasteiger charge is -2.16. The van der Waals surface area contributed by atoms with Crippen molar-refractivity contribution in [3.05, 3.63) is 34.1 Å². The van der Waals surface area contributed by atoms with Gasteiger partial charge in [-0.3, -0.25) is 10.1 Å². The van der Waals surface area contributed by atoms with Gasteiger partial charge in [-0.1, -0.05) is 0 Å². The van der Waals surface area contributed by atoms with Gasteiger partial charge in [0.1, 0.15) is 11.9 Å². The summed E-state index contributed by atoms with van der Waals surface area (Å²) in [6.45, 7) is 0. The van der Waals surface area contributed by atoms with Crippen molar-refractivity contribution < 1.29 is 19.2 Å². The fourth-order valence-corrected chi connectivity index (χ4v) is 1.94. The van der Waals surface area contributed by atoms with Crippen LogP contribution in [-0.4, -0.2) is 22.2 Å². The number of hydrogen-bond donors (Lipinski definition) is 1. The van der Waals surface area contributed by atoms with Gasteiger partial charge in [-0.2, -0.15) is 0 Å². The van der Waals surface area contributed by atoms with Crippen molar-refractivity contribution >= 4 is 5.69 Å². The largest absolute Gasteiger partial charge is 0.481 e. The Hall–Kier alpha value is -1.69.